The summed E-state index contributed by atoms with van der Waals surface area (Å²) in [5, 5.41) is 1.39. The Labute approximate surface area is 156 Å². The lowest BCUT2D eigenvalue weighted by atomic mass is 9.87. The van der Waals surface area contributed by atoms with Crippen LogP contribution < -0.4 is 0 Å². The van der Waals surface area contributed by atoms with Crippen LogP contribution in [0.1, 0.15) is 27.7 Å². The zero-order valence-electron chi connectivity index (χ0n) is 14.4. The van der Waals surface area contributed by atoms with E-state index in [4.69, 9.17) is 18.9 Å². The minimum Gasteiger partial charge on any atom is -0.463 e. The van der Waals surface area contributed by atoms with Gasteiger partial charge in [-0.1, -0.05) is 0 Å². The number of aliphatic imine (C=N–C) groups is 1. The first-order valence-electron chi connectivity index (χ1n) is 7.23. The van der Waals surface area contributed by atoms with Gasteiger partial charge in [-0.05, 0) is 19.1 Å². The van der Waals surface area contributed by atoms with Crippen molar-refractivity contribution in [1.82, 2.24) is 0 Å². The fourth-order valence-electron chi connectivity index (χ4n) is 2.48. The first kappa shape index (κ1) is 21.9. The lowest BCUT2D eigenvalue weighted by molar-refractivity contribution is -0.177. The van der Waals surface area contributed by atoms with E-state index in [-0.39, 0.29) is 0 Å². The Kier molecular flexibility index (Phi) is 7.57. The molecule has 1 aliphatic rings. The van der Waals surface area contributed by atoms with Gasteiger partial charge in [-0.3, -0.25) is 14.4 Å². The van der Waals surface area contributed by atoms with Crippen LogP contribution in [0.2, 0.25) is 0 Å². The van der Waals surface area contributed by atoms with E-state index < -0.39 is 63.7 Å². The van der Waals surface area contributed by atoms with Crippen molar-refractivity contribution in [3.8, 4) is 0 Å². The lowest BCUT2D eigenvalue weighted by Crippen LogP contribution is -2.65. The first-order chi connectivity index (χ1) is 12.0. The molecule has 1 heterocycles. The van der Waals surface area contributed by atoms with E-state index in [1.54, 1.807) is 0 Å². The fourth-order valence-corrected chi connectivity index (χ4v) is 3.29. The average Bonchev–Trinajstić information content (AvgIpc) is 2.48. The maximum absolute atomic E-state index is 11.7. The molecule has 0 radical (unpaired) electrons. The van der Waals surface area contributed by atoms with Crippen molar-refractivity contribution in [2.45, 2.75) is 51.5 Å². The van der Waals surface area contributed by atoms with Crippen LogP contribution in [0.15, 0.2) is 4.99 Å². The smallest absolute Gasteiger partial charge is 0.303 e. The predicted molar refractivity (Wildman–Crippen MR) is 90.0 cm³/mol. The number of thiocarbonyl (C=S) groups is 1. The van der Waals surface area contributed by atoms with Crippen LogP contribution in [0.4, 0.5) is 0 Å². The third kappa shape index (κ3) is 5.18. The Morgan fingerprint density at radius 1 is 1.23 bits per heavy atom. The highest BCUT2D eigenvalue weighted by molar-refractivity contribution is 7.78. The third-order valence-corrected chi connectivity index (χ3v) is 4.27. The predicted octanol–water partition coefficient (Wildman–Crippen LogP) is -0.318. The standard InChI is InChI=1S/C14H17NO9S2/c1-7(16)21-5-10-11(22-8(2)17)12(15-6-25)14(4,24-9(3)18)13(23-10)26(19)20/h10-12H,5H2,1-4H3/t10-,11-,12+,14-/m1/s1. The molecule has 0 unspecified atom stereocenters. The number of carbonyl (C=O) groups is 3. The highest BCUT2D eigenvalue weighted by Gasteiger charge is 2.57. The van der Waals surface area contributed by atoms with Crippen molar-refractivity contribution in [2.75, 3.05) is 6.61 Å². The summed E-state index contributed by atoms with van der Waals surface area (Å²) in [4.78, 5) is 37.9. The van der Waals surface area contributed by atoms with Gasteiger partial charge in [-0.25, -0.2) is 4.99 Å². The number of ether oxygens (including phenoxy) is 4. The maximum atomic E-state index is 11.7. The van der Waals surface area contributed by atoms with E-state index in [9.17, 15) is 22.8 Å². The largest absolute Gasteiger partial charge is 0.463 e. The van der Waals surface area contributed by atoms with Crippen molar-refractivity contribution in [3.05, 3.63) is 0 Å². The molecule has 12 heteroatoms. The minimum absolute atomic E-state index is 0.437. The van der Waals surface area contributed by atoms with Crippen LogP contribution in [-0.4, -0.2) is 67.0 Å². The number of esters is 3. The molecule has 0 saturated carbocycles. The van der Waals surface area contributed by atoms with Gasteiger partial charge in [0.05, 0.1) is 5.16 Å². The van der Waals surface area contributed by atoms with Gasteiger partial charge < -0.3 is 18.9 Å². The topological polar surface area (TPSA) is 135 Å². The highest BCUT2D eigenvalue weighted by atomic mass is 32.2. The normalized spacial score (nSPS) is 27.7. The molecular formula is C14H17NO9S2. The number of isothiocyanates is 1. The molecule has 0 N–H and O–H groups in total. The van der Waals surface area contributed by atoms with E-state index in [1.807, 2.05) is 0 Å². The fraction of sp³-hybridized carbons (Fsp3) is 0.643. The van der Waals surface area contributed by atoms with E-state index >= 15 is 0 Å². The van der Waals surface area contributed by atoms with Gasteiger partial charge in [0.1, 0.15) is 18.8 Å². The molecule has 0 aromatic rings. The lowest BCUT2D eigenvalue weighted by Gasteiger charge is -2.44. The monoisotopic (exact) mass is 407 g/mol. The van der Waals surface area contributed by atoms with Gasteiger partial charge >= 0.3 is 17.9 Å². The number of nitrogens with zero attached hydrogens (tertiary/aromatic N) is 1. The molecule has 26 heavy (non-hydrogen) atoms. The summed E-state index contributed by atoms with van der Waals surface area (Å²) >= 11 is 4.58. The Morgan fingerprint density at radius 3 is 2.27 bits per heavy atom. The molecule has 4 atom stereocenters. The first-order valence-corrected chi connectivity index (χ1v) is 8.71. The quantitative estimate of drug-likeness (QED) is 0.258. The molecule has 0 aromatic heterocycles. The highest BCUT2D eigenvalue weighted by Crippen LogP contribution is 2.33. The van der Waals surface area contributed by atoms with E-state index in [0.717, 1.165) is 20.8 Å². The van der Waals surface area contributed by atoms with Crippen molar-refractivity contribution in [1.29, 1.82) is 0 Å². The Bertz CT molecular complexity index is 776. The summed E-state index contributed by atoms with van der Waals surface area (Å²) in [6.45, 7) is 4.08. The Hall–Kier alpha value is -2.14. The SMILES string of the molecule is CC(=O)OC[C@H]1OC(=S(=O)=O)[C@](C)(OC(C)=O)[C@@H](N=C=S)[C@@H]1OC(C)=O. The van der Waals surface area contributed by atoms with Gasteiger partial charge in [0.15, 0.2) is 11.7 Å². The van der Waals surface area contributed by atoms with Crippen LogP contribution in [0.25, 0.3) is 0 Å². The maximum Gasteiger partial charge on any atom is 0.303 e. The second-order valence-corrected chi connectivity index (χ2v) is 6.44. The second kappa shape index (κ2) is 8.99. The van der Waals surface area contributed by atoms with Gasteiger partial charge in [0.25, 0.3) is 0 Å². The zero-order chi connectivity index (χ0) is 20.1. The second-order valence-electron chi connectivity index (χ2n) is 5.42. The van der Waals surface area contributed by atoms with Gasteiger partial charge in [0.2, 0.25) is 15.3 Å². The number of rotatable bonds is 5. The van der Waals surface area contributed by atoms with Gasteiger partial charge in [0, 0.05) is 20.8 Å². The zero-order valence-corrected chi connectivity index (χ0v) is 16.0. The molecule has 1 fully saturated rings. The minimum atomic E-state index is -2.96. The number of hydrogen-bond donors (Lipinski definition) is 0. The van der Waals surface area contributed by atoms with Crippen molar-refractivity contribution in [3.63, 3.8) is 0 Å². The molecule has 0 bridgehead atoms. The van der Waals surface area contributed by atoms with Crippen LogP contribution in [0.3, 0.4) is 0 Å². The Morgan fingerprint density at radius 2 is 1.85 bits per heavy atom. The molecule has 0 spiro atoms. The summed E-state index contributed by atoms with van der Waals surface area (Å²) in [6.07, 6.45) is -2.49. The molecule has 1 rings (SSSR count). The summed E-state index contributed by atoms with van der Waals surface area (Å²) < 4.78 is 43.8. The van der Waals surface area contributed by atoms with Crippen LogP contribution in [0, 0.1) is 0 Å². The molecular weight excluding hydrogens is 390 g/mol. The number of hydrogen-bond acceptors (Lipinski definition) is 11. The summed E-state index contributed by atoms with van der Waals surface area (Å²) in [7, 11) is -2.96. The third-order valence-electron chi connectivity index (χ3n) is 3.36. The molecule has 10 nitrogen and oxygen atoms in total. The summed E-state index contributed by atoms with van der Waals surface area (Å²) in [6, 6.07) is -1.30. The summed E-state index contributed by atoms with van der Waals surface area (Å²) in [5.74, 6) is -2.24. The van der Waals surface area contributed by atoms with Gasteiger partial charge in [-0.2, -0.15) is 8.42 Å². The van der Waals surface area contributed by atoms with E-state index in [2.05, 4.69) is 22.4 Å². The average molecular weight is 407 g/mol. The van der Waals surface area contributed by atoms with E-state index in [0.29, 0.717) is 0 Å². The van der Waals surface area contributed by atoms with Crippen LogP contribution in [0.5, 0.6) is 0 Å². The van der Waals surface area contributed by atoms with Crippen molar-refractivity contribution in [2.24, 2.45) is 4.99 Å². The van der Waals surface area contributed by atoms with Crippen molar-refractivity contribution >= 4 is 50.6 Å². The molecule has 0 amide bonds. The molecule has 1 saturated heterocycles. The molecule has 0 aliphatic carbocycles. The van der Waals surface area contributed by atoms with Crippen molar-refractivity contribution < 1.29 is 41.7 Å². The van der Waals surface area contributed by atoms with Crippen LogP contribution in [-0.2, 0) is 43.6 Å². The molecule has 1 aliphatic heterocycles. The molecule has 144 valence electrons. The number of carbonyl (C=O) groups excluding carboxylic acids is 3. The Balaban J connectivity index is 3.54. The molecule has 0 aromatic carbocycles. The van der Waals surface area contributed by atoms with Gasteiger partial charge in [-0.15, -0.1) is 0 Å². The van der Waals surface area contributed by atoms with Crippen LogP contribution >= 0.6 is 12.2 Å². The summed E-state index contributed by atoms with van der Waals surface area (Å²) in [5.41, 5.74) is -1.95. The van der Waals surface area contributed by atoms with E-state index in [1.165, 1.54) is 6.92 Å².